The first-order valence-electron chi connectivity index (χ1n) is 7.29. The van der Waals surface area contributed by atoms with Gasteiger partial charge in [0, 0.05) is 24.3 Å². The Morgan fingerprint density at radius 1 is 1.00 bits per heavy atom. The number of nitrogens with one attached hydrogen (secondary N) is 1. The molecule has 1 aromatic heterocycles. The van der Waals surface area contributed by atoms with E-state index in [1.165, 1.54) is 0 Å². The molecule has 4 heteroatoms. The third-order valence-corrected chi connectivity index (χ3v) is 3.55. The summed E-state index contributed by atoms with van der Waals surface area (Å²) in [5, 5.41) is 16.9. The van der Waals surface area contributed by atoms with Gasteiger partial charge in [0.1, 0.15) is 12.0 Å². The monoisotopic (exact) mass is 294 g/mol. The zero-order valence-corrected chi connectivity index (χ0v) is 12.1. The van der Waals surface area contributed by atoms with Crippen molar-refractivity contribution in [2.24, 2.45) is 0 Å². The second-order valence-corrected chi connectivity index (χ2v) is 5.05. The third kappa shape index (κ3) is 3.18. The number of hydrogen-bond acceptors (Lipinski definition) is 4. The molecule has 0 aliphatic carbocycles. The van der Waals surface area contributed by atoms with E-state index < -0.39 is 0 Å². The van der Waals surface area contributed by atoms with Gasteiger partial charge in [-0.15, -0.1) is 0 Å². The van der Waals surface area contributed by atoms with Crippen molar-refractivity contribution < 1.29 is 9.63 Å². The van der Waals surface area contributed by atoms with Gasteiger partial charge < -0.3 is 14.9 Å². The van der Waals surface area contributed by atoms with E-state index in [2.05, 4.69) is 22.6 Å². The molecule has 0 radical (unpaired) electrons. The maximum Gasteiger partial charge on any atom is 0.127 e. The van der Waals surface area contributed by atoms with Crippen LogP contribution >= 0.6 is 0 Å². The fraction of sp³-hybridized carbons (Fsp3) is 0.167. The summed E-state index contributed by atoms with van der Waals surface area (Å²) in [6, 6.07) is 20.0. The van der Waals surface area contributed by atoms with Gasteiger partial charge >= 0.3 is 0 Å². The Morgan fingerprint density at radius 3 is 2.36 bits per heavy atom. The summed E-state index contributed by atoms with van der Waals surface area (Å²) in [5.41, 5.74) is 3.83. The Hall–Kier alpha value is -2.59. The van der Waals surface area contributed by atoms with E-state index in [9.17, 15) is 5.11 Å². The fourth-order valence-corrected chi connectivity index (χ4v) is 2.47. The van der Waals surface area contributed by atoms with Crippen molar-refractivity contribution in [2.75, 3.05) is 11.9 Å². The molecule has 0 saturated carbocycles. The molecule has 0 saturated heterocycles. The Morgan fingerprint density at radius 2 is 1.68 bits per heavy atom. The maximum absolute atomic E-state index is 9.21. The van der Waals surface area contributed by atoms with E-state index in [-0.39, 0.29) is 12.6 Å². The van der Waals surface area contributed by atoms with E-state index >= 15 is 0 Å². The van der Waals surface area contributed by atoms with Gasteiger partial charge in [-0.2, -0.15) is 0 Å². The van der Waals surface area contributed by atoms with Crippen molar-refractivity contribution in [3.63, 3.8) is 0 Å². The molecule has 1 heterocycles. The third-order valence-electron chi connectivity index (χ3n) is 3.55. The molecular formula is C18H18N2O2. The Bertz CT molecular complexity index is 695. The van der Waals surface area contributed by atoms with E-state index in [0.717, 1.165) is 22.5 Å². The normalized spacial score (nSPS) is 12.0. The second kappa shape index (κ2) is 6.91. The lowest BCUT2D eigenvalue weighted by molar-refractivity contribution is 0.299. The van der Waals surface area contributed by atoms with Gasteiger partial charge in [0.05, 0.1) is 6.04 Å². The molecule has 0 fully saturated rings. The van der Waals surface area contributed by atoms with Gasteiger partial charge in [-0.05, 0) is 17.7 Å². The summed E-state index contributed by atoms with van der Waals surface area (Å²) in [6.45, 7) is 0.0705. The van der Waals surface area contributed by atoms with Crippen LogP contribution in [0.15, 0.2) is 71.4 Å². The largest absolute Gasteiger partial charge is 0.396 e. The van der Waals surface area contributed by atoms with Crippen molar-refractivity contribution in [1.82, 2.24) is 5.16 Å². The van der Waals surface area contributed by atoms with Crippen LogP contribution in [0, 0.1) is 0 Å². The molecule has 3 rings (SSSR count). The molecule has 0 amide bonds. The lowest BCUT2D eigenvalue weighted by atomic mass is 9.99. The van der Waals surface area contributed by atoms with Crippen LogP contribution in [0.25, 0.3) is 0 Å². The highest BCUT2D eigenvalue weighted by Crippen LogP contribution is 2.28. The number of aromatic nitrogens is 1. The first-order valence-corrected chi connectivity index (χ1v) is 7.29. The quantitative estimate of drug-likeness (QED) is 0.731. The Labute approximate surface area is 129 Å². The van der Waals surface area contributed by atoms with Crippen LogP contribution < -0.4 is 5.32 Å². The smallest absolute Gasteiger partial charge is 0.127 e. The highest BCUT2D eigenvalue weighted by molar-refractivity contribution is 5.48. The number of nitrogens with zero attached hydrogens (tertiary/aromatic N) is 1. The van der Waals surface area contributed by atoms with Crippen molar-refractivity contribution in [3.8, 4) is 0 Å². The molecule has 0 spiro atoms. The minimum absolute atomic E-state index is 0.0705. The Kier molecular flexibility index (Phi) is 4.51. The number of para-hydroxylation sites is 1. The number of hydrogen-bond donors (Lipinski definition) is 2. The lowest BCUT2D eigenvalue weighted by Crippen LogP contribution is -2.14. The van der Waals surface area contributed by atoms with E-state index in [1.807, 2.05) is 48.5 Å². The van der Waals surface area contributed by atoms with Crippen LogP contribution in [0.2, 0.25) is 0 Å². The van der Waals surface area contributed by atoms with Gasteiger partial charge in [0.25, 0.3) is 0 Å². The van der Waals surface area contributed by atoms with Crippen molar-refractivity contribution >= 4 is 5.69 Å². The molecule has 112 valence electrons. The summed E-state index contributed by atoms with van der Waals surface area (Å²) in [4.78, 5) is 0. The van der Waals surface area contributed by atoms with Gasteiger partial charge in [-0.1, -0.05) is 53.7 Å². The van der Waals surface area contributed by atoms with Gasteiger partial charge in [-0.25, -0.2) is 0 Å². The number of rotatable bonds is 6. The molecule has 1 unspecified atom stereocenters. The van der Waals surface area contributed by atoms with Crippen LogP contribution in [0.4, 0.5) is 5.69 Å². The number of aliphatic hydroxyl groups excluding tert-OH is 1. The van der Waals surface area contributed by atoms with Gasteiger partial charge in [0.2, 0.25) is 0 Å². The minimum atomic E-state index is -0.121. The SMILES string of the molecule is OCCc1conc1C(Nc1ccccc1)c1ccccc1. The topological polar surface area (TPSA) is 58.3 Å². The van der Waals surface area contributed by atoms with Crippen molar-refractivity contribution in [1.29, 1.82) is 0 Å². The number of anilines is 1. The standard InChI is InChI=1S/C18H18N2O2/c21-12-11-15-13-22-20-18(15)17(14-7-3-1-4-8-14)19-16-9-5-2-6-10-16/h1-10,13,17,19,21H,11-12H2. The summed E-state index contributed by atoms with van der Waals surface area (Å²) in [5.74, 6) is 0. The molecule has 3 aromatic rings. The molecule has 0 aliphatic rings. The van der Waals surface area contributed by atoms with Crippen LogP contribution in [-0.2, 0) is 6.42 Å². The minimum Gasteiger partial charge on any atom is -0.396 e. The van der Waals surface area contributed by atoms with Crippen LogP contribution in [0.1, 0.15) is 22.9 Å². The zero-order valence-electron chi connectivity index (χ0n) is 12.1. The molecule has 2 aromatic carbocycles. The van der Waals surface area contributed by atoms with Crippen LogP contribution in [0.5, 0.6) is 0 Å². The second-order valence-electron chi connectivity index (χ2n) is 5.05. The summed E-state index contributed by atoms with van der Waals surface area (Å²) in [7, 11) is 0. The molecule has 2 N–H and O–H groups in total. The fourth-order valence-electron chi connectivity index (χ4n) is 2.47. The van der Waals surface area contributed by atoms with E-state index in [0.29, 0.717) is 6.42 Å². The molecule has 1 atom stereocenters. The van der Waals surface area contributed by atoms with Crippen LogP contribution in [-0.4, -0.2) is 16.9 Å². The molecular weight excluding hydrogens is 276 g/mol. The first-order chi connectivity index (χ1) is 10.9. The van der Waals surface area contributed by atoms with Gasteiger partial charge in [0.15, 0.2) is 0 Å². The summed E-state index contributed by atoms with van der Waals surface area (Å²) in [6.07, 6.45) is 2.13. The predicted molar refractivity (Wildman–Crippen MR) is 85.6 cm³/mol. The first kappa shape index (κ1) is 14.4. The molecule has 0 bridgehead atoms. The highest BCUT2D eigenvalue weighted by Gasteiger charge is 2.21. The van der Waals surface area contributed by atoms with Crippen molar-refractivity contribution in [3.05, 3.63) is 83.7 Å². The summed E-state index contributed by atoms with van der Waals surface area (Å²) >= 11 is 0. The lowest BCUT2D eigenvalue weighted by Gasteiger charge is -2.19. The average molecular weight is 294 g/mol. The molecule has 22 heavy (non-hydrogen) atoms. The predicted octanol–water partition coefficient (Wildman–Crippen LogP) is 3.41. The zero-order chi connectivity index (χ0) is 15.2. The van der Waals surface area contributed by atoms with Gasteiger partial charge in [-0.3, -0.25) is 0 Å². The maximum atomic E-state index is 9.21. The number of aliphatic hydroxyl groups is 1. The molecule has 0 aliphatic heterocycles. The van der Waals surface area contributed by atoms with Crippen molar-refractivity contribution in [2.45, 2.75) is 12.5 Å². The van der Waals surface area contributed by atoms with E-state index in [1.54, 1.807) is 6.26 Å². The Balaban J connectivity index is 1.97. The average Bonchev–Trinajstić information content (AvgIpc) is 3.03. The highest BCUT2D eigenvalue weighted by atomic mass is 16.5. The van der Waals surface area contributed by atoms with E-state index in [4.69, 9.17) is 4.52 Å². The summed E-state index contributed by atoms with van der Waals surface area (Å²) < 4.78 is 5.14. The molecule has 4 nitrogen and oxygen atoms in total. The number of benzene rings is 2. The van der Waals surface area contributed by atoms with Crippen LogP contribution in [0.3, 0.4) is 0 Å².